The van der Waals surface area contributed by atoms with Crippen LogP contribution in [0.5, 0.6) is 5.75 Å². The maximum Gasteiger partial charge on any atom is 0.339 e. The number of carboxylic acid groups (broad SMARTS) is 1. The molecular weight excluding hydrogens is 287 g/mol. The van der Waals surface area contributed by atoms with E-state index in [1.54, 1.807) is 10.9 Å². The summed E-state index contributed by atoms with van der Waals surface area (Å²) in [6.45, 7) is 6.27. The number of hydrogen-bond donors (Lipinski definition) is 1. The summed E-state index contributed by atoms with van der Waals surface area (Å²) in [4.78, 5) is 11.2. The predicted octanol–water partition coefficient (Wildman–Crippen LogP) is 3.07. The third-order valence-electron chi connectivity index (χ3n) is 3.34. The van der Waals surface area contributed by atoms with Gasteiger partial charge >= 0.3 is 5.97 Å². The molecule has 118 valence electrons. The molecule has 0 aliphatic carbocycles. The highest BCUT2D eigenvalue weighted by Gasteiger charge is 2.19. The van der Waals surface area contributed by atoms with Gasteiger partial charge in [-0.05, 0) is 12.1 Å². The Morgan fingerprint density at radius 2 is 2.09 bits per heavy atom. The van der Waals surface area contributed by atoms with Crippen molar-refractivity contribution in [3.8, 4) is 5.75 Å². The second kappa shape index (κ2) is 5.79. The molecule has 5 nitrogen and oxygen atoms in total. The standard InChI is InChI=1S/C16H19FN2O3/c1-16(2,3)14-5-6-19(18-14)9-10-7-11(15(20)21)13(22-4)8-12(10)17/h5-8H,9H2,1-4H3,(H,20,21). The highest BCUT2D eigenvalue weighted by Crippen LogP contribution is 2.24. The van der Waals surface area contributed by atoms with Gasteiger partial charge in [-0.3, -0.25) is 4.68 Å². The van der Waals surface area contributed by atoms with Crippen molar-refractivity contribution in [1.29, 1.82) is 0 Å². The summed E-state index contributed by atoms with van der Waals surface area (Å²) in [6, 6.07) is 4.25. The molecule has 22 heavy (non-hydrogen) atoms. The number of aromatic carboxylic acids is 1. The fourth-order valence-corrected chi connectivity index (χ4v) is 2.08. The van der Waals surface area contributed by atoms with Crippen LogP contribution < -0.4 is 4.74 Å². The van der Waals surface area contributed by atoms with E-state index in [4.69, 9.17) is 9.84 Å². The van der Waals surface area contributed by atoms with Crippen LogP contribution in [0.4, 0.5) is 4.39 Å². The number of ether oxygens (including phenoxy) is 1. The van der Waals surface area contributed by atoms with Gasteiger partial charge in [0.2, 0.25) is 0 Å². The van der Waals surface area contributed by atoms with Crippen molar-refractivity contribution in [2.75, 3.05) is 7.11 Å². The van der Waals surface area contributed by atoms with Crippen molar-refractivity contribution in [3.05, 3.63) is 47.0 Å². The molecule has 0 saturated carbocycles. The molecule has 0 aliphatic rings. The molecule has 1 heterocycles. The Morgan fingerprint density at radius 3 is 2.59 bits per heavy atom. The van der Waals surface area contributed by atoms with Crippen LogP contribution >= 0.6 is 0 Å². The van der Waals surface area contributed by atoms with Crippen LogP contribution in [-0.2, 0) is 12.0 Å². The maximum absolute atomic E-state index is 14.1. The number of aromatic nitrogens is 2. The zero-order chi connectivity index (χ0) is 16.5. The van der Waals surface area contributed by atoms with Crippen LogP contribution in [0.15, 0.2) is 24.4 Å². The molecule has 0 radical (unpaired) electrons. The molecule has 1 aromatic carbocycles. The molecule has 0 spiro atoms. The van der Waals surface area contributed by atoms with Crippen molar-refractivity contribution in [1.82, 2.24) is 9.78 Å². The van der Waals surface area contributed by atoms with Crippen molar-refractivity contribution in [2.24, 2.45) is 0 Å². The van der Waals surface area contributed by atoms with E-state index in [1.807, 2.05) is 26.8 Å². The molecule has 6 heteroatoms. The first kappa shape index (κ1) is 16.0. The normalized spacial score (nSPS) is 11.5. The van der Waals surface area contributed by atoms with Gasteiger partial charge in [0.1, 0.15) is 17.1 Å². The SMILES string of the molecule is COc1cc(F)c(Cn2ccc(C(C)(C)C)n2)cc1C(=O)O. The van der Waals surface area contributed by atoms with Gasteiger partial charge in [-0.15, -0.1) is 0 Å². The molecule has 0 bridgehead atoms. The fourth-order valence-electron chi connectivity index (χ4n) is 2.08. The number of benzene rings is 1. The van der Waals surface area contributed by atoms with Gasteiger partial charge in [0.05, 0.1) is 19.3 Å². The Labute approximate surface area is 128 Å². The lowest BCUT2D eigenvalue weighted by Crippen LogP contribution is -2.13. The van der Waals surface area contributed by atoms with Gasteiger partial charge in [0, 0.05) is 23.2 Å². The van der Waals surface area contributed by atoms with E-state index in [-0.39, 0.29) is 28.8 Å². The Balaban J connectivity index is 2.35. The summed E-state index contributed by atoms with van der Waals surface area (Å²) in [6.07, 6.45) is 1.75. The van der Waals surface area contributed by atoms with Crippen LogP contribution in [0.3, 0.4) is 0 Å². The lowest BCUT2D eigenvalue weighted by molar-refractivity contribution is 0.0693. The minimum absolute atomic E-state index is 0.00426. The summed E-state index contributed by atoms with van der Waals surface area (Å²) in [5.74, 6) is -1.67. The van der Waals surface area contributed by atoms with Gasteiger partial charge in [-0.1, -0.05) is 20.8 Å². The molecule has 0 unspecified atom stereocenters. The van der Waals surface area contributed by atoms with Gasteiger partial charge in [-0.2, -0.15) is 5.10 Å². The van der Waals surface area contributed by atoms with E-state index in [0.717, 1.165) is 11.8 Å². The average molecular weight is 306 g/mol. The second-order valence-corrected chi connectivity index (χ2v) is 6.10. The van der Waals surface area contributed by atoms with E-state index in [1.165, 1.54) is 13.2 Å². The molecule has 2 rings (SSSR count). The van der Waals surface area contributed by atoms with E-state index in [2.05, 4.69) is 5.10 Å². The number of halogens is 1. The van der Waals surface area contributed by atoms with Crippen LogP contribution in [-0.4, -0.2) is 28.0 Å². The van der Waals surface area contributed by atoms with Crippen molar-refractivity contribution < 1.29 is 19.0 Å². The van der Waals surface area contributed by atoms with E-state index in [9.17, 15) is 9.18 Å². The summed E-state index contributed by atoms with van der Waals surface area (Å²) in [5, 5.41) is 13.6. The highest BCUT2D eigenvalue weighted by atomic mass is 19.1. The molecule has 1 N–H and O–H groups in total. The summed E-state index contributed by atoms with van der Waals surface area (Å²) in [5.41, 5.74) is 0.972. The first-order valence-corrected chi connectivity index (χ1v) is 6.86. The Bertz CT molecular complexity index is 702. The maximum atomic E-state index is 14.1. The van der Waals surface area contributed by atoms with Crippen LogP contribution in [0.1, 0.15) is 42.4 Å². The zero-order valence-corrected chi connectivity index (χ0v) is 13.1. The fraction of sp³-hybridized carbons (Fsp3) is 0.375. The van der Waals surface area contributed by atoms with Crippen LogP contribution in [0, 0.1) is 5.82 Å². The van der Waals surface area contributed by atoms with Crippen LogP contribution in [0.25, 0.3) is 0 Å². The van der Waals surface area contributed by atoms with Gasteiger partial charge in [-0.25, -0.2) is 9.18 Å². The Hall–Kier alpha value is -2.37. The number of carbonyl (C=O) groups is 1. The number of methoxy groups -OCH3 is 1. The van der Waals surface area contributed by atoms with Gasteiger partial charge < -0.3 is 9.84 Å². The molecule has 0 fully saturated rings. The predicted molar refractivity (Wildman–Crippen MR) is 79.9 cm³/mol. The molecule has 1 aromatic heterocycles. The number of rotatable bonds is 4. The van der Waals surface area contributed by atoms with Crippen molar-refractivity contribution in [3.63, 3.8) is 0 Å². The van der Waals surface area contributed by atoms with E-state index in [0.29, 0.717) is 0 Å². The Kier molecular flexibility index (Phi) is 4.21. The van der Waals surface area contributed by atoms with Gasteiger partial charge in [0.25, 0.3) is 0 Å². The van der Waals surface area contributed by atoms with Crippen molar-refractivity contribution >= 4 is 5.97 Å². The summed E-state index contributed by atoms with van der Waals surface area (Å²) < 4.78 is 20.6. The van der Waals surface area contributed by atoms with E-state index < -0.39 is 11.8 Å². The lowest BCUT2D eigenvalue weighted by Gasteiger charge is -2.14. The largest absolute Gasteiger partial charge is 0.496 e. The highest BCUT2D eigenvalue weighted by molar-refractivity contribution is 5.91. The first-order chi connectivity index (χ1) is 10.2. The zero-order valence-electron chi connectivity index (χ0n) is 13.1. The third kappa shape index (κ3) is 3.27. The number of hydrogen-bond acceptors (Lipinski definition) is 3. The first-order valence-electron chi connectivity index (χ1n) is 6.86. The molecule has 2 aromatic rings. The Morgan fingerprint density at radius 1 is 1.41 bits per heavy atom. The molecule has 0 saturated heterocycles. The smallest absolute Gasteiger partial charge is 0.339 e. The number of nitrogens with zero attached hydrogens (tertiary/aromatic N) is 2. The summed E-state index contributed by atoms with van der Waals surface area (Å²) >= 11 is 0. The minimum atomic E-state index is -1.16. The average Bonchev–Trinajstić information content (AvgIpc) is 2.88. The van der Waals surface area contributed by atoms with Crippen LogP contribution in [0.2, 0.25) is 0 Å². The quantitative estimate of drug-likeness (QED) is 0.943. The molecule has 0 atom stereocenters. The number of carboxylic acids is 1. The van der Waals surface area contributed by atoms with Gasteiger partial charge in [0.15, 0.2) is 0 Å². The molecule has 0 amide bonds. The minimum Gasteiger partial charge on any atom is -0.496 e. The van der Waals surface area contributed by atoms with E-state index >= 15 is 0 Å². The molecule has 0 aliphatic heterocycles. The second-order valence-electron chi connectivity index (χ2n) is 6.10. The topological polar surface area (TPSA) is 64.4 Å². The monoisotopic (exact) mass is 306 g/mol. The van der Waals surface area contributed by atoms with Crippen molar-refractivity contribution in [2.45, 2.75) is 32.7 Å². The third-order valence-corrected chi connectivity index (χ3v) is 3.34. The molecular formula is C16H19FN2O3. The lowest BCUT2D eigenvalue weighted by atomic mass is 9.93. The summed E-state index contributed by atoms with van der Waals surface area (Å²) in [7, 11) is 1.31.